The van der Waals surface area contributed by atoms with Gasteiger partial charge in [0.1, 0.15) is 5.65 Å². The second-order valence-electron chi connectivity index (χ2n) is 4.40. The van der Waals surface area contributed by atoms with E-state index in [0.717, 1.165) is 22.5 Å². The van der Waals surface area contributed by atoms with Crippen molar-refractivity contribution in [3.8, 4) is 11.3 Å². The molecule has 0 unspecified atom stereocenters. The first-order valence-corrected chi connectivity index (χ1v) is 5.93. The van der Waals surface area contributed by atoms with Crippen LogP contribution in [0, 0.1) is 6.92 Å². The van der Waals surface area contributed by atoms with Gasteiger partial charge in [0.2, 0.25) is 0 Å². The average molecular weight is 252 g/mol. The number of aromatic carboxylic acids is 1. The molecular formula is C15H12N2O2. The third-order valence-electron chi connectivity index (χ3n) is 3.19. The van der Waals surface area contributed by atoms with Gasteiger partial charge >= 0.3 is 5.97 Å². The largest absolute Gasteiger partial charge is 0.478 e. The second-order valence-corrected chi connectivity index (χ2v) is 4.40. The molecule has 0 saturated heterocycles. The molecule has 2 aromatic heterocycles. The van der Waals surface area contributed by atoms with E-state index in [4.69, 9.17) is 0 Å². The van der Waals surface area contributed by atoms with Gasteiger partial charge in [-0.25, -0.2) is 9.78 Å². The lowest BCUT2D eigenvalue weighted by Crippen LogP contribution is -2.00. The molecule has 0 aliphatic heterocycles. The van der Waals surface area contributed by atoms with Crippen molar-refractivity contribution < 1.29 is 9.90 Å². The predicted molar refractivity (Wildman–Crippen MR) is 72.3 cm³/mol. The lowest BCUT2D eigenvalue weighted by Gasteiger charge is -2.08. The summed E-state index contributed by atoms with van der Waals surface area (Å²) in [4.78, 5) is 15.4. The first kappa shape index (κ1) is 11.5. The van der Waals surface area contributed by atoms with E-state index >= 15 is 0 Å². The van der Waals surface area contributed by atoms with Gasteiger partial charge in [0.15, 0.2) is 0 Å². The number of carboxylic acid groups (broad SMARTS) is 1. The van der Waals surface area contributed by atoms with Crippen molar-refractivity contribution >= 4 is 11.6 Å². The molecule has 0 aliphatic carbocycles. The van der Waals surface area contributed by atoms with Crippen molar-refractivity contribution in [1.82, 2.24) is 9.38 Å². The van der Waals surface area contributed by atoms with Gasteiger partial charge in [0, 0.05) is 12.4 Å². The normalized spacial score (nSPS) is 10.8. The molecule has 19 heavy (non-hydrogen) atoms. The zero-order chi connectivity index (χ0) is 13.4. The molecule has 3 rings (SSSR count). The Labute approximate surface area is 110 Å². The van der Waals surface area contributed by atoms with Crippen LogP contribution in [0.4, 0.5) is 0 Å². The van der Waals surface area contributed by atoms with E-state index in [2.05, 4.69) is 4.98 Å². The molecular weight excluding hydrogens is 240 g/mol. The Morgan fingerprint density at radius 3 is 2.89 bits per heavy atom. The Morgan fingerprint density at radius 2 is 2.11 bits per heavy atom. The first-order valence-electron chi connectivity index (χ1n) is 5.93. The van der Waals surface area contributed by atoms with E-state index in [-0.39, 0.29) is 0 Å². The van der Waals surface area contributed by atoms with Crippen molar-refractivity contribution in [3.63, 3.8) is 0 Å². The number of benzene rings is 1. The van der Waals surface area contributed by atoms with Gasteiger partial charge in [0.25, 0.3) is 0 Å². The number of imidazole rings is 1. The molecule has 0 aliphatic rings. The zero-order valence-electron chi connectivity index (χ0n) is 10.4. The highest BCUT2D eigenvalue weighted by molar-refractivity contribution is 5.91. The van der Waals surface area contributed by atoms with Crippen LogP contribution >= 0.6 is 0 Å². The molecule has 1 N–H and O–H groups in total. The maximum Gasteiger partial charge on any atom is 0.335 e. The highest BCUT2D eigenvalue weighted by atomic mass is 16.4. The summed E-state index contributed by atoms with van der Waals surface area (Å²) in [5, 5.41) is 9.19. The molecule has 94 valence electrons. The van der Waals surface area contributed by atoms with E-state index < -0.39 is 5.97 Å². The van der Waals surface area contributed by atoms with Crippen LogP contribution in [-0.2, 0) is 0 Å². The number of carboxylic acids is 1. The van der Waals surface area contributed by atoms with E-state index in [1.165, 1.54) is 0 Å². The number of hydrogen-bond donors (Lipinski definition) is 1. The second kappa shape index (κ2) is 4.24. The number of nitrogens with zero attached hydrogens (tertiary/aromatic N) is 2. The van der Waals surface area contributed by atoms with Gasteiger partial charge in [-0.15, -0.1) is 0 Å². The number of pyridine rings is 1. The molecule has 1 aromatic carbocycles. The number of fused-ring (bicyclic) bond motifs is 1. The smallest absolute Gasteiger partial charge is 0.335 e. The van der Waals surface area contributed by atoms with Crippen molar-refractivity contribution in [2.45, 2.75) is 6.92 Å². The van der Waals surface area contributed by atoms with E-state index in [1.807, 2.05) is 40.9 Å². The van der Waals surface area contributed by atoms with E-state index in [0.29, 0.717) is 5.56 Å². The summed E-state index contributed by atoms with van der Waals surface area (Å²) in [6, 6.07) is 11.2. The number of rotatable bonds is 2. The fourth-order valence-corrected chi connectivity index (χ4v) is 2.19. The van der Waals surface area contributed by atoms with Crippen LogP contribution < -0.4 is 0 Å². The zero-order valence-corrected chi connectivity index (χ0v) is 10.4. The fraction of sp³-hybridized carbons (Fsp3) is 0.0667. The lowest BCUT2D eigenvalue weighted by molar-refractivity contribution is 0.0696. The number of carbonyl (C=O) groups is 1. The SMILES string of the molecule is Cc1ccc(-c2cccc3nccn23)cc1C(=O)O. The van der Waals surface area contributed by atoms with Crippen LogP contribution in [-0.4, -0.2) is 20.5 Å². The maximum absolute atomic E-state index is 11.2. The van der Waals surface area contributed by atoms with Gasteiger partial charge in [-0.05, 0) is 36.2 Å². The summed E-state index contributed by atoms with van der Waals surface area (Å²) in [5.74, 6) is -0.905. The molecule has 4 nitrogen and oxygen atoms in total. The minimum atomic E-state index is -0.905. The van der Waals surface area contributed by atoms with Crippen molar-refractivity contribution in [2.24, 2.45) is 0 Å². The number of hydrogen-bond acceptors (Lipinski definition) is 2. The van der Waals surface area contributed by atoms with Gasteiger partial charge in [-0.2, -0.15) is 0 Å². The minimum absolute atomic E-state index is 0.328. The Hall–Kier alpha value is -2.62. The summed E-state index contributed by atoms with van der Waals surface area (Å²) in [5.41, 5.74) is 3.72. The molecule has 0 fully saturated rings. The molecule has 3 aromatic rings. The fourth-order valence-electron chi connectivity index (χ4n) is 2.19. The minimum Gasteiger partial charge on any atom is -0.478 e. The van der Waals surface area contributed by atoms with E-state index in [1.54, 1.807) is 19.2 Å². The van der Waals surface area contributed by atoms with E-state index in [9.17, 15) is 9.90 Å². The van der Waals surface area contributed by atoms with Crippen molar-refractivity contribution in [2.75, 3.05) is 0 Å². The van der Waals surface area contributed by atoms with Crippen LogP contribution in [0.1, 0.15) is 15.9 Å². The Bertz CT molecular complexity index is 775. The third kappa shape index (κ3) is 1.87. The highest BCUT2D eigenvalue weighted by Crippen LogP contribution is 2.23. The molecule has 0 radical (unpaired) electrons. The highest BCUT2D eigenvalue weighted by Gasteiger charge is 2.10. The average Bonchev–Trinajstić information content (AvgIpc) is 2.87. The van der Waals surface area contributed by atoms with Crippen LogP contribution in [0.3, 0.4) is 0 Å². The van der Waals surface area contributed by atoms with Crippen LogP contribution in [0.2, 0.25) is 0 Å². The van der Waals surface area contributed by atoms with Crippen LogP contribution in [0.15, 0.2) is 48.8 Å². The number of aryl methyl sites for hydroxylation is 1. The Balaban J connectivity index is 2.24. The Morgan fingerprint density at radius 1 is 1.26 bits per heavy atom. The molecule has 2 heterocycles. The van der Waals surface area contributed by atoms with Gasteiger partial charge in [-0.3, -0.25) is 4.40 Å². The number of aromatic nitrogens is 2. The monoisotopic (exact) mass is 252 g/mol. The van der Waals surface area contributed by atoms with Gasteiger partial charge in [0.05, 0.1) is 11.3 Å². The molecule has 0 spiro atoms. The standard InChI is InChI=1S/C15H12N2O2/c1-10-5-6-11(9-12(10)15(18)19)13-3-2-4-14-16-7-8-17(13)14/h2-9H,1H3,(H,18,19). The van der Waals surface area contributed by atoms with Crippen molar-refractivity contribution in [3.05, 3.63) is 59.9 Å². The summed E-state index contributed by atoms with van der Waals surface area (Å²) in [6.45, 7) is 1.80. The quantitative estimate of drug-likeness (QED) is 0.762. The molecule has 4 heteroatoms. The topological polar surface area (TPSA) is 54.6 Å². The van der Waals surface area contributed by atoms with Crippen molar-refractivity contribution in [1.29, 1.82) is 0 Å². The predicted octanol–water partition coefficient (Wildman–Crippen LogP) is 3.01. The lowest BCUT2D eigenvalue weighted by atomic mass is 10.0. The first-order chi connectivity index (χ1) is 9.16. The summed E-state index contributed by atoms with van der Waals surface area (Å²) >= 11 is 0. The molecule has 0 atom stereocenters. The summed E-state index contributed by atoms with van der Waals surface area (Å²) in [7, 11) is 0. The van der Waals surface area contributed by atoms with Gasteiger partial charge in [-0.1, -0.05) is 18.2 Å². The molecule has 0 amide bonds. The maximum atomic E-state index is 11.2. The summed E-state index contributed by atoms with van der Waals surface area (Å²) in [6.07, 6.45) is 3.59. The molecule has 0 saturated carbocycles. The Kier molecular flexibility index (Phi) is 2.56. The van der Waals surface area contributed by atoms with Gasteiger partial charge < -0.3 is 5.11 Å². The molecule has 0 bridgehead atoms. The summed E-state index contributed by atoms with van der Waals surface area (Å²) < 4.78 is 1.94. The third-order valence-corrected chi connectivity index (χ3v) is 3.19. The van der Waals surface area contributed by atoms with Crippen LogP contribution in [0.25, 0.3) is 16.9 Å². The van der Waals surface area contributed by atoms with Crippen LogP contribution in [0.5, 0.6) is 0 Å².